The van der Waals surface area contributed by atoms with Gasteiger partial charge < -0.3 is 15.0 Å². The minimum absolute atomic E-state index is 0.0557. The zero-order valence-electron chi connectivity index (χ0n) is 20.2. The summed E-state index contributed by atoms with van der Waals surface area (Å²) in [4.78, 5) is 28.5. The third-order valence-corrected chi connectivity index (χ3v) is 6.64. The maximum Gasteiger partial charge on any atom is 0.261 e. The lowest BCUT2D eigenvalue weighted by Crippen LogP contribution is -2.53. The van der Waals surface area contributed by atoms with E-state index in [1.54, 1.807) is 30.3 Å². The van der Waals surface area contributed by atoms with Gasteiger partial charge in [-0.25, -0.2) is 4.39 Å². The van der Waals surface area contributed by atoms with E-state index in [1.807, 2.05) is 44.2 Å². The molecular weight excluding hydrogens is 547 g/mol. The Morgan fingerprint density at radius 1 is 1.06 bits per heavy atom. The van der Waals surface area contributed by atoms with Crippen molar-refractivity contribution in [3.05, 3.63) is 99.2 Å². The van der Waals surface area contributed by atoms with Crippen molar-refractivity contribution in [3.8, 4) is 5.75 Å². The van der Waals surface area contributed by atoms with Crippen LogP contribution in [-0.2, 0) is 22.6 Å². The van der Waals surface area contributed by atoms with Crippen molar-refractivity contribution in [2.45, 2.75) is 45.3 Å². The minimum atomic E-state index is -0.795. The summed E-state index contributed by atoms with van der Waals surface area (Å²) in [6, 6.07) is 19.6. The normalized spacial score (nSPS) is 12.5. The number of hydrogen-bond acceptors (Lipinski definition) is 3. The van der Waals surface area contributed by atoms with E-state index in [4.69, 9.17) is 16.3 Å². The van der Waals surface area contributed by atoms with Gasteiger partial charge in [0, 0.05) is 24.0 Å². The lowest BCUT2D eigenvalue weighted by atomic mass is 10.0. The van der Waals surface area contributed by atoms with Crippen LogP contribution in [0.1, 0.15) is 31.4 Å². The van der Waals surface area contributed by atoms with Crippen molar-refractivity contribution < 1.29 is 18.7 Å². The second-order valence-corrected chi connectivity index (χ2v) is 9.83. The average molecular weight is 576 g/mol. The summed E-state index contributed by atoms with van der Waals surface area (Å²) >= 11 is 9.40. The molecule has 0 aliphatic rings. The van der Waals surface area contributed by atoms with Gasteiger partial charge in [0.1, 0.15) is 17.6 Å². The zero-order valence-corrected chi connectivity index (χ0v) is 22.6. The molecule has 0 spiro atoms. The average Bonchev–Trinajstić information content (AvgIpc) is 2.87. The van der Waals surface area contributed by atoms with Crippen LogP contribution >= 0.6 is 27.5 Å². The highest BCUT2D eigenvalue weighted by atomic mass is 79.9. The van der Waals surface area contributed by atoms with Crippen LogP contribution in [0.5, 0.6) is 5.75 Å². The summed E-state index contributed by atoms with van der Waals surface area (Å²) in [7, 11) is 0. The first-order valence-electron chi connectivity index (χ1n) is 11.7. The summed E-state index contributed by atoms with van der Waals surface area (Å²) in [6.07, 6.45) is 1.07. The monoisotopic (exact) mass is 574 g/mol. The molecule has 0 aromatic heterocycles. The van der Waals surface area contributed by atoms with Crippen LogP contribution in [0.2, 0.25) is 5.02 Å². The molecule has 0 bridgehead atoms. The van der Waals surface area contributed by atoms with Gasteiger partial charge in [0.15, 0.2) is 6.61 Å². The first-order chi connectivity index (χ1) is 17.3. The molecule has 3 aromatic carbocycles. The molecule has 0 saturated carbocycles. The van der Waals surface area contributed by atoms with Gasteiger partial charge in [-0.05, 0) is 70.7 Å². The van der Waals surface area contributed by atoms with E-state index in [0.29, 0.717) is 27.2 Å². The summed E-state index contributed by atoms with van der Waals surface area (Å²) in [5, 5.41) is 3.54. The molecular formula is C28H29BrClFN2O3. The Hall–Kier alpha value is -2.90. The molecule has 5 nitrogen and oxygen atoms in total. The number of nitrogens with one attached hydrogen (secondary N) is 1. The number of benzene rings is 3. The highest BCUT2D eigenvalue weighted by Crippen LogP contribution is 2.28. The van der Waals surface area contributed by atoms with Crippen molar-refractivity contribution in [2.75, 3.05) is 6.61 Å². The Labute approximate surface area is 224 Å². The summed E-state index contributed by atoms with van der Waals surface area (Å²) in [5.41, 5.74) is 1.62. The summed E-state index contributed by atoms with van der Waals surface area (Å²) in [5.74, 6) is -0.543. The molecule has 3 aromatic rings. The SMILES string of the molecule is CC[C@@H](C)NC(=O)[C@@H](Cc1ccccc1)N(Cc1ccc(F)cc1)C(=O)COc1ccc(Cl)cc1Br. The molecule has 3 rings (SSSR count). The topological polar surface area (TPSA) is 58.6 Å². The van der Waals surface area contributed by atoms with Crippen molar-refractivity contribution in [1.82, 2.24) is 10.2 Å². The van der Waals surface area contributed by atoms with Crippen molar-refractivity contribution in [2.24, 2.45) is 0 Å². The van der Waals surface area contributed by atoms with E-state index in [-0.39, 0.29) is 36.8 Å². The Bertz CT molecular complexity index is 1160. The highest BCUT2D eigenvalue weighted by Gasteiger charge is 2.31. The van der Waals surface area contributed by atoms with E-state index in [9.17, 15) is 14.0 Å². The Morgan fingerprint density at radius 2 is 1.75 bits per heavy atom. The third kappa shape index (κ3) is 8.07. The molecule has 0 unspecified atom stereocenters. The molecule has 190 valence electrons. The van der Waals surface area contributed by atoms with Gasteiger partial charge in [-0.3, -0.25) is 9.59 Å². The molecule has 0 fully saturated rings. The van der Waals surface area contributed by atoms with Crippen LogP contribution < -0.4 is 10.1 Å². The Kier molecular flexibility index (Phi) is 10.3. The molecule has 0 aliphatic carbocycles. The first-order valence-corrected chi connectivity index (χ1v) is 12.9. The minimum Gasteiger partial charge on any atom is -0.483 e. The van der Waals surface area contributed by atoms with Crippen LogP contribution in [0.15, 0.2) is 77.3 Å². The third-order valence-electron chi connectivity index (χ3n) is 5.78. The van der Waals surface area contributed by atoms with E-state index in [0.717, 1.165) is 12.0 Å². The quantitative estimate of drug-likeness (QED) is 0.297. The molecule has 8 heteroatoms. The first kappa shape index (κ1) is 27.7. The number of carbonyl (C=O) groups is 2. The molecule has 36 heavy (non-hydrogen) atoms. The molecule has 1 N–H and O–H groups in total. The van der Waals surface area contributed by atoms with Gasteiger partial charge >= 0.3 is 0 Å². The maximum absolute atomic E-state index is 13.6. The smallest absolute Gasteiger partial charge is 0.261 e. The highest BCUT2D eigenvalue weighted by molar-refractivity contribution is 9.10. The fourth-order valence-electron chi connectivity index (χ4n) is 3.60. The lowest BCUT2D eigenvalue weighted by molar-refractivity contribution is -0.143. The van der Waals surface area contributed by atoms with Crippen LogP contribution in [0.3, 0.4) is 0 Å². The molecule has 0 heterocycles. The Morgan fingerprint density at radius 3 is 2.39 bits per heavy atom. The number of carbonyl (C=O) groups excluding carboxylic acids is 2. The summed E-state index contributed by atoms with van der Waals surface area (Å²) < 4.78 is 19.9. The van der Waals surface area contributed by atoms with E-state index in [1.165, 1.54) is 17.0 Å². The molecule has 2 atom stereocenters. The Balaban J connectivity index is 1.91. The largest absolute Gasteiger partial charge is 0.483 e. The number of rotatable bonds is 11. The molecule has 0 aliphatic heterocycles. The van der Waals surface area contributed by atoms with E-state index >= 15 is 0 Å². The van der Waals surface area contributed by atoms with Crippen molar-refractivity contribution in [3.63, 3.8) is 0 Å². The second kappa shape index (κ2) is 13.4. The molecule has 0 radical (unpaired) electrons. The number of amides is 2. The fraction of sp³-hybridized carbons (Fsp3) is 0.286. The van der Waals surface area contributed by atoms with E-state index < -0.39 is 6.04 Å². The van der Waals surface area contributed by atoms with Gasteiger partial charge in [-0.2, -0.15) is 0 Å². The zero-order chi connectivity index (χ0) is 26.1. The van der Waals surface area contributed by atoms with Gasteiger partial charge in [-0.1, -0.05) is 61.0 Å². The van der Waals surface area contributed by atoms with Gasteiger partial charge in [0.25, 0.3) is 5.91 Å². The van der Waals surface area contributed by atoms with Gasteiger partial charge in [-0.15, -0.1) is 0 Å². The van der Waals surface area contributed by atoms with E-state index in [2.05, 4.69) is 21.2 Å². The number of hydrogen-bond donors (Lipinski definition) is 1. The van der Waals surface area contributed by atoms with Gasteiger partial charge in [0.05, 0.1) is 4.47 Å². The second-order valence-electron chi connectivity index (χ2n) is 8.53. The van der Waals surface area contributed by atoms with Crippen molar-refractivity contribution >= 4 is 39.3 Å². The lowest BCUT2D eigenvalue weighted by Gasteiger charge is -2.32. The maximum atomic E-state index is 13.6. The van der Waals surface area contributed by atoms with Crippen molar-refractivity contribution in [1.29, 1.82) is 0 Å². The predicted octanol–water partition coefficient (Wildman–Crippen LogP) is 6.18. The number of halogens is 3. The molecule has 0 saturated heterocycles. The summed E-state index contributed by atoms with van der Waals surface area (Å²) in [6.45, 7) is 3.74. The van der Waals surface area contributed by atoms with Crippen LogP contribution in [0.4, 0.5) is 4.39 Å². The number of ether oxygens (including phenoxy) is 1. The van der Waals surface area contributed by atoms with Gasteiger partial charge in [0.2, 0.25) is 5.91 Å². The molecule has 2 amide bonds. The standard InChI is InChI=1S/C28H29BrClFN2O3/c1-3-19(2)32-28(35)25(15-20-7-5-4-6-8-20)33(17-21-9-12-23(31)13-10-21)27(34)18-36-26-14-11-22(30)16-24(26)29/h4-14,16,19,25H,3,15,17-18H2,1-2H3,(H,32,35)/t19-,25-/m1/s1. The van der Waals surface area contributed by atoms with Crippen LogP contribution in [-0.4, -0.2) is 35.4 Å². The van der Waals surface area contributed by atoms with Crippen LogP contribution in [0.25, 0.3) is 0 Å². The predicted molar refractivity (Wildman–Crippen MR) is 143 cm³/mol. The number of nitrogens with zero attached hydrogens (tertiary/aromatic N) is 1. The fourth-order valence-corrected chi connectivity index (χ4v) is 4.39. The van der Waals surface area contributed by atoms with Crippen LogP contribution in [0, 0.1) is 5.82 Å².